The number of rotatable bonds is 2. The van der Waals surface area contributed by atoms with Crippen LogP contribution < -0.4 is 22.0 Å². The molecule has 2 unspecified atom stereocenters. The summed E-state index contributed by atoms with van der Waals surface area (Å²) in [6, 6.07) is 8.43. The molecule has 1 aromatic rings. The van der Waals surface area contributed by atoms with Gasteiger partial charge in [0.25, 0.3) is 0 Å². The van der Waals surface area contributed by atoms with Crippen LogP contribution in [0.25, 0.3) is 0 Å². The van der Waals surface area contributed by atoms with Crippen LogP contribution in [0.5, 0.6) is 5.75 Å². The first-order valence-corrected chi connectivity index (χ1v) is 8.00. The first kappa shape index (κ1) is 17.4. The Morgan fingerprint density at radius 1 is 1.05 bits per heavy atom. The lowest BCUT2D eigenvalue weighted by Crippen LogP contribution is -3.00. The summed E-state index contributed by atoms with van der Waals surface area (Å²) >= 11 is 0. The van der Waals surface area contributed by atoms with Gasteiger partial charge in [0.15, 0.2) is 0 Å². The highest BCUT2D eigenvalue weighted by Gasteiger charge is 2.40. The summed E-state index contributed by atoms with van der Waals surface area (Å²) in [6.07, 6.45) is 0.780. The Balaban J connectivity index is 0.00000176. The van der Waals surface area contributed by atoms with Gasteiger partial charge in [0.1, 0.15) is 31.0 Å². The van der Waals surface area contributed by atoms with Gasteiger partial charge in [-0.25, -0.2) is 0 Å². The molecule has 2 atom stereocenters. The number of hydrogen-bond acceptors (Lipinski definition) is 3. The van der Waals surface area contributed by atoms with E-state index in [2.05, 4.69) is 30.9 Å². The number of anilines is 1. The summed E-state index contributed by atoms with van der Waals surface area (Å²) in [7, 11) is 1.71. The normalized spacial score (nSPS) is 27.3. The maximum absolute atomic E-state index is 5.91. The van der Waals surface area contributed by atoms with E-state index < -0.39 is 0 Å². The molecular weight excluding hydrogens is 300 g/mol. The van der Waals surface area contributed by atoms with Gasteiger partial charge in [0.2, 0.25) is 0 Å². The van der Waals surface area contributed by atoms with E-state index in [1.54, 1.807) is 7.11 Å². The fourth-order valence-corrected chi connectivity index (χ4v) is 3.95. The average molecular weight is 327 g/mol. The number of halogens is 1. The van der Waals surface area contributed by atoms with Crippen molar-refractivity contribution in [1.82, 2.24) is 0 Å². The monoisotopic (exact) mass is 326 g/mol. The zero-order valence-electron chi connectivity index (χ0n) is 13.8. The highest BCUT2D eigenvalue weighted by Crippen LogP contribution is 2.26. The Bertz CT molecular complexity index is 460. The molecule has 5 heteroatoms. The molecule has 3 rings (SSSR count). The third-order valence-electron chi connectivity index (χ3n) is 4.88. The Morgan fingerprint density at radius 3 is 2.09 bits per heavy atom. The molecule has 0 radical (unpaired) electrons. The fourth-order valence-electron chi connectivity index (χ4n) is 3.95. The first-order chi connectivity index (χ1) is 10.1. The second-order valence-electron chi connectivity index (χ2n) is 6.60. The summed E-state index contributed by atoms with van der Waals surface area (Å²) in [5.41, 5.74) is 1.31. The largest absolute Gasteiger partial charge is 1.00 e. The minimum atomic E-state index is 0. The predicted octanol–water partition coefficient (Wildman–Crippen LogP) is -0.857. The predicted molar refractivity (Wildman–Crippen MR) is 84.9 cm³/mol. The van der Waals surface area contributed by atoms with Crippen molar-refractivity contribution in [2.75, 3.05) is 51.3 Å². The van der Waals surface area contributed by atoms with E-state index in [1.165, 1.54) is 36.3 Å². The smallest absolute Gasteiger partial charge is 0.119 e. The third-order valence-corrected chi connectivity index (χ3v) is 4.88. The molecule has 124 valence electrons. The van der Waals surface area contributed by atoms with E-state index in [0.717, 1.165) is 18.8 Å². The van der Waals surface area contributed by atoms with Crippen molar-refractivity contribution in [2.24, 2.45) is 0 Å². The molecular formula is C17H27ClN2O2. The van der Waals surface area contributed by atoms with Crippen LogP contribution >= 0.6 is 0 Å². The Kier molecular flexibility index (Phi) is 5.59. The maximum atomic E-state index is 5.91. The summed E-state index contributed by atoms with van der Waals surface area (Å²) in [6.45, 7) is 11.5. The van der Waals surface area contributed by atoms with Gasteiger partial charge in [-0.05, 0) is 38.1 Å². The van der Waals surface area contributed by atoms with Crippen LogP contribution in [-0.2, 0) is 4.74 Å². The van der Waals surface area contributed by atoms with E-state index in [4.69, 9.17) is 9.47 Å². The van der Waals surface area contributed by atoms with E-state index >= 15 is 0 Å². The molecule has 22 heavy (non-hydrogen) atoms. The maximum Gasteiger partial charge on any atom is 0.119 e. The zero-order chi connectivity index (χ0) is 14.9. The molecule has 0 saturated carbocycles. The average Bonchev–Trinajstić information content (AvgIpc) is 2.47. The molecule has 0 aliphatic carbocycles. The number of quaternary nitrogens is 1. The summed E-state index contributed by atoms with van der Waals surface area (Å²) in [4.78, 5) is 2.49. The van der Waals surface area contributed by atoms with Gasteiger partial charge in [-0.3, -0.25) is 0 Å². The molecule has 2 saturated heterocycles. The van der Waals surface area contributed by atoms with Crippen LogP contribution in [0.1, 0.15) is 13.8 Å². The number of ether oxygens (including phenoxy) is 2. The molecule has 1 aromatic carbocycles. The van der Waals surface area contributed by atoms with Gasteiger partial charge in [-0.15, -0.1) is 0 Å². The fraction of sp³-hybridized carbons (Fsp3) is 0.647. The second-order valence-corrected chi connectivity index (χ2v) is 6.60. The molecule has 0 bridgehead atoms. The van der Waals surface area contributed by atoms with Gasteiger partial charge >= 0.3 is 0 Å². The van der Waals surface area contributed by atoms with Crippen LogP contribution in [0, 0.1) is 0 Å². The number of nitrogens with zero attached hydrogens (tertiary/aromatic N) is 2. The molecule has 1 spiro atoms. The minimum Gasteiger partial charge on any atom is -1.00 e. The molecule has 2 aliphatic heterocycles. The molecule has 2 aliphatic rings. The Morgan fingerprint density at radius 2 is 1.59 bits per heavy atom. The highest BCUT2D eigenvalue weighted by molar-refractivity contribution is 5.49. The molecule has 0 amide bonds. The van der Waals surface area contributed by atoms with Gasteiger partial charge in [0.05, 0.1) is 33.3 Å². The van der Waals surface area contributed by atoms with Crippen molar-refractivity contribution in [3.8, 4) is 5.75 Å². The third kappa shape index (κ3) is 3.67. The van der Waals surface area contributed by atoms with Gasteiger partial charge < -0.3 is 31.3 Å². The van der Waals surface area contributed by atoms with Crippen LogP contribution in [0.3, 0.4) is 0 Å². The summed E-state index contributed by atoms with van der Waals surface area (Å²) < 4.78 is 12.4. The van der Waals surface area contributed by atoms with Crippen LogP contribution in [0.15, 0.2) is 24.3 Å². The quantitative estimate of drug-likeness (QED) is 0.661. The Labute approximate surface area is 140 Å². The van der Waals surface area contributed by atoms with E-state index in [9.17, 15) is 0 Å². The lowest BCUT2D eigenvalue weighted by Gasteiger charge is -2.50. The summed E-state index contributed by atoms with van der Waals surface area (Å²) in [5.74, 6) is 0.926. The first-order valence-electron chi connectivity index (χ1n) is 8.00. The zero-order valence-corrected chi connectivity index (χ0v) is 14.6. The van der Waals surface area contributed by atoms with Crippen molar-refractivity contribution in [2.45, 2.75) is 26.1 Å². The molecule has 2 heterocycles. The molecule has 0 aromatic heterocycles. The van der Waals surface area contributed by atoms with Crippen LogP contribution in [0.2, 0.25) is 0 Å². The van der Waals surface area contributed by atoms with Crippen molar-refractivity contribution < 1.29 is 26.4 Å². The van der Waals surface area contributed by atoms with Crippen molar-refractivity contribution >= 4 is 5.69 Å². The standard InChI is InChI=1S/C17H27N2O2.ClH/c1-14-12-19(13-15(2)21-14)10-8-18(9-11-19)16-4-6-17(20-3)7-5-16;/h4-7,14-15H,8-13H2,1-3H3;1H/q+1;/p-1. The van der Waals surface area contributed by atoms with Crippen LogP contribution in [0.4, 0.5) is 5.69 Å². The van der Waals surface area contributed by atoms with Crippen molar-refractivity contribution in [3.05, 3.63) is 24.3 Å². The lowest BCUT2D eigenvalue weighted by molar-refractivity contribution is -0.941. The Hall–Kier alpha value is -0.970. The SMILES string of the molecule is COc1ccc(N2CC[N+]3(CC2)CC(C)OC(C)C3)cc1.[Cl-]. The number of hydrogen-bond donors (Lipinski definition) is 0. The van der Waals surface area contributed by atoms with Crippen molar-refractivity contribution in [1.29, 1.82) is 0 Å². The number of benzene rings is 1. The van der Waals surface area contributed by atoms with E-state index in [0.29, 0.717) is 12.2 Å². The molecule has 2 fully saturated rings. The number of piperazine rings is 1. The molecule has 4 nitrogen and oxygen atoms in total. The molecule has 0 N–H and O–H groups in total. The van der Waals surface area contributed by atoms with Gasteiger partial charge in [-0.2, -0.15) is 0 Å². The van der Waals surface area contributed by atoms with Crippen LogP contribution in [-0.4, -0.2) is 63.1 Å². The lowest BCUT2D eigenvalue weighted by atomic mass is 10.1. The van der Waals surface area contributed by atoms with E-state index in [1.807, 2.05) is 12.1 Å². The number of methoxy groups -OCH3 is 1. The number of morpholine rings is 1. The summed E-state index contributed by atoms with van der Waals surface area (Å²) in [5, 5.41) is 0. The minimum absolute atomic E-state index is 0. The topological polar surface area (TPSA) is 21.7 Å². The van der Waals surface area contributed by atoms with Gasteiger partial charge in [0, 0.05) is 5.69 Å². The highest BCUT2D eigenvalue weighted by atomic mass is 35.5. The van der Waals surface area contributed by atoms with Crippen molar-refractivity contribution in [3.63, 3.8) is 0 Å². The second kappa shape index (κ2) is 7.07. The van der Waals surface area contributed by atoms with Gasteiger partial charge in [-0.1, -0.05) is 0 Å². The van der Waals surface area contributed by atoms with E-state index in [-0.39, 0.29) is 12.4 Å².